The number of carbonyl (C=O) groups excluding carboxylic acids is 1. The molecular weight excluding hydrogens is 455 g/mol. The van der Waals surface area contributed by atoms with Crippen LogP contribution in [-0.2, 0) is 11.3 Å². The fourth-order valence-electron chi connectivity index (χ4n) is 3.25. The Morgan fingerprint density at radius 1 is 1.09 bits per heavy atom. The van der Waals surface area contributed by atoms with Crippen LogP contribution in [0, 0.1) is 11.2 Å². The highest BCUT2D eigenvalue weighted by molar-refractivity contribution is 6.08. The van der Waals surface area contributed by atoms with Gasteiger partial charge in [0.15, 0.2) is 18.1 Å². The van der Waals surface area contributed by atoms with Crippen molar-refractivity contribution in [2.24, 2.45) is 5.73 Å². The number of hydrogen-bond donors (Lipinski definition) is 5. The number of carboxylic acid groups (broad SMARTS) is 1. The maximum Gasteiger partial charge on any atom is 0.341 e. The molecule has 0 heterocycles. The normalized spacial score (nSPS) is 10.3. The summed E-state index contributed by atoms with van der Waals surface area (Å²) in [5.41, 5.74) is 7.41. The second-order valence-electron chi connectivity index (χ2n) is 7.35. The maximum atomic E-state index is 14.0. The van der Waals surface area contributed by atoms with Gasteiger partial charge >= 0.3 is 5.97 Å². The van der Waals surface area contributed by atoms with Crippen molar-refractivity contribution >= 4 is 29.1 Å². The summed E-state index contributed by atoms with van der Waals surface area (Å²) in [6.45, 7) is 1.75. The fraction of sp³-hybridized carbons (Fsp3) is 0.160. The number of carbonyl (C=O) groups is 2. The molecule has 10 heteroatoms. The van der Waals surface area contributed by atoms with Gasteiger partial charge in [-0.1, -0.05) is 12.1 Å². The van der Waals surface area contributed by atoms with Crippen molar-refractivity contribution < 1.29 is 28.6 Å². The molecule has 9 nitrogen and oxygen atoms in total. The number of aliphatic carboxylic acids is 1. The first-order chi connectivity index (χ1) is 16.8. The third-order valence-corrected chi connectivity index (χ3v) is 4.85. The second-order valence-corrected chi connectivity index (χ2v) is 7.35. The van der Waals surface area contributed by atoms with Crippen molar-refractivity contribution in [1.29, 1.82) is 5.41 Å². The average molecular weight is 480 g/mol. The summed E-state index contributed by atoms with van der Waals surface area (Å²) in [5, 5.41) is 22.2. The van der Waals surface area contributed by atoms with E-state index in [0.717, 1.165) is 6.07 Å². The first kappa shape index (κ1) is 25.0. The minimum Gasteiger partial charge on any atom is -0.490 e. The molecule has 3 aromatic carbocycles. The van der Waals surface area contributed by atoms with Crippen LogP contribution >= 0.6 is 0 Å². The molecule has 6 N–H and O–H groups in total. The van der Waals surface area contributed by atoms with Gasteiger partial charge in [-0.15, -0.1) is 0 Å². The van der Waals surface area contributed by atoms with Gasteiger partial charge in [0.05, 0.1) is 12.2 Å². The van der Waals surface area contributed by atoms with Gasteiger partial charge < -0.3 is 30.9 Å². The Labute approximate surface area is 201 Å². The number of nitrogens with two attached hydrogens (primary N) is 1. The van der Waals surface area contributed by atoms with E-state index in [2.05, 4.69) is 10.6 Å². The molecule has 0 fully saturated rings. The Hall–Kier alpha value is -4.60. The molecule has 0 aliphatic rings. The summed E-state index contributed by atoms with van der Waals surface area (Å²) in [6, 6.07) is 15.3. The smallest absolute Gasteiger partial charge is 0.341 e. The molecule has 0 saturated carbocycles. The summed E-state index contributed by atoms with van der Waals surface area (Å²) in [4.78, 5) is 23.9. The van der Waals surface area contributed by atoms with Crippen molar-refractivity contribution in [3.8, 4) is 11.5 Å². The Morgan fingerprint density at radius 3 is 2.49 bits per heavy atom. The molecule has 35 heavy (non-hydrogen) atoms. The van der Waals surface area contributed by atoms with E-state index in [1.54, 1.807) is 49.4 Å². The molecule has 0 unspecified atom stereocenters. The van der Waals surface area contributed by atoms with Crippen molar-refractivity contribution in [3.05, 3.63) is 83.2 Å². The number of amides is 1. The lowest BCUT2D eigenvalue weighted by Crippen LogP contribution is -2.16. The van der Waals surface area contributed by atoms with Crippen LogP contribution in [0.4, 0.5) is 15.8 Å². The molecular formula is C25H25FN4O5. The van der Waals surface area contributed by atoms with E-state index in [0.29, 0.717) is 34.9 Å². The van der Waals surface area contributed by atoms with Gasteiger partial charge in [-0.25, -0.2) is 9.18 Å². The van der Waals surface area contributed by atoms with E-state index in [4.69, 9.17) is 25.7 Å². The summed E-state index contributed by atoms with van der Waals surface area (Å²) in [7, 11) is 0. The van der Waals surface area contributed by atoms with Gasteiger partial charge in [0.2, 0.25) is 0 Å². The Bertz CT molecular complexity index is 1230. The zero-order valence-corrected chi connectivity index (χ0v) is 18.9. The quantitative estimate of drug-likeness (QED) is 0.207. The van der Waals surface area contributed by atoms with Crippen molar-refractivity contribution in [2.45, 2.75) is 13.5 Å². The van der Waals surface area contributed by atoms with Crippen LogP contribution in [0.1, 0.15) is 28.4 Å². The molecule has 1 amide bonds. The van der Waals surface area contributed by atoms with Crippen molar-refractivity contribution in [1.82, 2.24) is 0 Å². The van der Waals surface area contributed by atoms with Crippen LogP contribution < -0.4 is 25.8 Å². The SMILES string of the molecule is CCOc1cccc(CNc2ccc(F)cc2C(=O)Nc2ccc(C(=N)N)cc2)c1OCC(=O)O. The number of amidine groups is 1. The summed E-state index contributed by atoms with van der Waals surface area (Å²) in [6.07, 6.45) is 0. The number of hydrogen-bond acceptors (Lipinski definition) is 6. The molecule has 3 rings (SSSR count). The lowest BCUT2D eigenvalue weighted by molar-refractivity contribution is -0.139. The Kier molecular flexibility index (Phi) is 8.23. The third kappa shape index (κ3) is 6.70. The number of para-hydroxylation sites is 1. The van der Waals surface area contributed by atoms with Gasteiger partial charge in [-0.3, -0.25) is 10.2 Å². The first-order valence-electron chi connectivity index (χ1n) is 10.7. The first-order valence-corrected chi connectivity index (χ1v) is 10.7. The van der Waals surface area contributed by atoms with E-state index in [1.807, 2.05) is 0 Å². The number of rotatable bonds is 11. The maximum absolute atomic E-state index is 14.0. The van der Waals surface area contributed by atoms with E-state index in [-0.39, 0.29) is 23.7 Å². The molecule has 0 saturated heterocycles. The van der Waals surface area contributed by atoms with Crippen LogP contribution in [0.3, 0.4) is 0 Å². The zero-order chi connectivity index (χ0) is 25.4. The highest BCUT2D eigenvalue weighted by Crippen LogP contribution is 2.32. The largest absolute Gasteiger partial charge is 0.490 e. The molecule has 0 bridgehead atoms. The lowest BCUT2D eigenvalue weighted by atomic mass is 10.1. The summed E-state index contributed by atoms with van der Waals surface area (Å²) < 4.78 is 25.0. The van der Waals surface area contributed by atoms with Crippen LogP contribution in [-0.4, -0.2) is 36.0 Å². The monoisotopic (exact) mass is 480 g/mol. The Morgan fingerprint density at radius 2 is 1.83 bits per heavy atom. The van der Waals surface area contributed by atoms with E-state index >= 15 is 0 Å². The van der Waals surface area contributed by atoms with E-state index in [1.165, 1.54) is 12.1 Å². The van der Waals surface area contributed by atoms with E-state index in [9.17, 15) is 14.0 Å². The van der Waals surface area contributed by atoms with Crippen LogP contribution in [0.25, 0.3) is 0 Å². The number of ether oxygens (including phenoxy) is 2. The Balaban J connectivity index is 1.82. The number of halogens is 1. The number of nitrogens with one attached hydrogen (secondary N) is 3. The number of benzene rings is 3. The van der Waals surface area contributed by atoms with Gasteiger partial charge in [-0.05, 0) is 55.5 Å². The van der Waals surface area contributed by atoms with Crippen molar-refractivity contribution in [2.75, 3.05) is 23.8 Å². The molecule has 0 aliphatic heterocycles. The molecule has 0 aromatic heterocycles. The lowest BCUT2D eigenvalue weighted by Gasteiger charge is -2.17. The standard InChI is InChI=1S/C25H25FN4O5/c1-2-34-21-5-3-4-16(23(21)35-14-22(31)32)13-29-20-11-8-17(26)12-19(20)25(33)30-18-9-6-15(7-10-18)24(27)28/h3-12,29H,2,13-14H2,1H3,(H3,27,28)(H,30,33)(H,31,32). The minimum absolute atomic E-state index is 0.0645. The molecule has 3 aromatic rings. The molecule has 0 aliphatic carbocycles. The molecule has 0 spiro atoms. The topological polar surface area (TPSA) is 147 Å². The minimum atomic E-state index is -1.14. The van der Waals surface area contributed by atoms with Gasteiger partial charge in [0.25, 0.3) is 5.91 Å². The van der Waals surface area contributed by atoms with Gasteiger partial charge in [-0.2, -0.15) is 0 Å². The number of nitrogen functional groups attached to an aromatic ring is 1. The van der Waals surface area contributed by atoms with Crippen LogP contribution in [0.5, 0.6) is 11.5 Å². The fourth-order valence-corrected chi connectivity index (χ4v) is 3.25. The summed E-state index contributed by atoms with van der Waals surface area (Å²) >= 11 is 0. The number of carboxylic acids is 1. The third-order valence-electron chi connectivity index (χ3n) is 4.85. The van der Waals surface area contributed by atoms with E-state index < -0.39 is 24.3 Å². The van der Waals surface area contributed by atoms with Crippen LogP contribution in [0.15, 0.2) is 60.7 Å². The molecule has 0 radical (unpaired) electrons. The van der Waals surface area contributed by atoms with Gasteiger partial charge in [0, 0.05) is 29.0 Å². The molecule has 182 valence electrons. The average Bonchev–Trinajstić information content (AvgIpc) is 2.83. The second kappa shape index (κ2) is 11.5. The number of anilines is 2. The highest BCUT2D eigenvalue weighted by Gasteiger charge is 2.16. The predicted molar refractivity (Wildman–Crippen MR) is 130 cm³/mol. The van der Waals surface area contributed by atoms with Gasteiger partial charge in [0.1, 0.15) is 11.7 Å². The highest BCUT2D eigenvalue weighted by atomic mass is 19.1. The van der Waals surface area contributed by atoms with Crippen LogP contribution in [0.2, 0.25) is 0 Å². The molecule has 0 atom stereocenters. The summed E-state index contributed by atoms with van der Waals surface area (Å²) in [5.74, 6) is -1.71. The zero-order valence-electron chi connectivity index (χ0n) is 18.9. The van der Waals surface area contributed by atoms with Crippen molar-refractivity contribution in [3.63, 3.8) is 0 Å². The predicted octanol–water partition coefficient (Wildman–Crippen LogP) is 3.84.